The number of carbonyl (C=O) groups is 1. The highest BCUT2D eigenvalue weighted by molar-refractivity contribution is 5.78. The number of hydroxylamine groups is 1. The third-order valence-electron chi connectivity index (χ3n) is 3.23. The van der Waals surface area contributed by atoms with Crippen LogP contribution in [-0.2, 0) is 9.63 Å². The molecule has 1 fully saturated rings. The van der Waals surface area contributed by atoms with E-state index in [1.165, 1.54) is 0 Å². The van der Waals surface area contributed by atoms with Gasteiger partial charge in [-0.3, -0.25) is 4.79 Å². The Hall–Kier alpha value is -1.34. The van der Waals surface area contributed by atoms with Gasteiger partial charge in [0, 0.05) is 11.1 Å². The van der Waals surface area contributed by atoms with Gasteiger partial charge in [-0.2, -0.15) is 5.26 Å². The standard InChI is InChI=1S/C14H22N2O2/c1-9(8-15)7-10-11(14(10,5)6)12(17)18-16-13(2,3)4/h7,10-11,16H,1-6H3/b9-7-/t10-,11+/m0/s1. The molecule has 4 heteroatoms. The van der Waals surface area contributed by atoms with Crippen molar-refractivity contribution in [2.24, 2.45) is 17.3 Å². The minimum Gasteiger partial charge on any atom is -0.370 e. The van der Waals surface area contributed by atoms with Crippen LogP contribution < -0.4 is 5.48 Å². The van der Waals surface area contributed by atoms with Crippen molar-refractivity contribution in [3.63, 3.8) is 0 Å². The van der Waals surface area contributed by atoms with Crippen molar-refractivity contribution in [1.29, 1.82) is 5.26 Å². The van der Waals surface area contributed by atoms with Crippen LogP contribution in [0.15, 0.2) is 11.6 Å². The third kappa shape index (κ3) is 3.33. The molecule has 0 aliphatic heterocycles. The monoisotopic (exact) mass is 250 g/mol. The molecule has 1 aliphatic carbocycles. The van der Waals surface area contributed by atoms with Crippen molar-refractivity contribution in [1.82, 2.24) is 5.48 Å². The Kier molecular flexibility index (Phi) is 3.87. The highest BCUT2D eigenvalue weighted by Crippen LogP contribution is 2.59. The zero-order valence-corrected chi connectivity index (χ0v) is 12.0. The van der Waals surface area contributed by atoms with Gasteiger partial charge in [0.05, 0.1) is 12.0 Å². The first kappa shape index (κ1) is 14.7. The number of rotatable bonds is 3. The van der Waals surface area contributed by atoms with Crippen LogP contribution in [0.25, 0.3) is 0 Å². The summed E-state index contributed by atoms with van der Waals surface area (Å²) in [6, 6.07) is 2.08. The highest BCUT2D eigenvalue weighted by Gasteiger charge is 2.61. The summed E-state index contributed by atoms with van der Waals surface area (Å²) in [7, 11) is 0. The van der Waals surface area contributed by atoms with Crippen LogP contribution in [0.4, 0.5) is 0 Å². The topological polar surface area (TPSA) is 62.1 Å². The molecule has 4 nitrogen and oxygen atoms in total. The maximum absolute atomic E-state index is 12.0. The second-order valence-corrected chi connectivity index (χ2v) is 6.56. The van der Waals surface area contributed by atoms with Crippen LogP contribution >= 0.6 is 0 Å². The zero-order chi connectivity index (χ0) is 14.1. The van der Waals surface area contributed by atoms with Gasteiger partial charge in [-0.25, -0.2) is 0 Å². The Morgan fingerprint density at radius 1 is 1.44 bits per heavy atom. The highest BCUT2D eigenvalue weighted by atomic mass is 16.7. The molecule has 0 saturated heterocycles. The van der Waals surface area contributed by atoms with Crippen molar-refractivity contribution in [3.8, 4) is 6.07 Å². The van der Waals surface area contributed by atoms with Crippen molar-refractivity contribution in [3.05, 3.63) is 11.6 Å². The van der Waals surface area contributed by atoms with Gasteiger partial charge in [-0.15, -0.1) is 5.48 Å². The SMILES string of the molecule is C/C(C#N)=C/[C@H]1[C@H](C(=O)ONC(C)(C)C)C1(C)C. The Labute approximate surface area is 109 Å². The summed E-state index contributed by atoms with van der Waals surface area (Å²) in [4.78, 5) is 17.1. The summed E-state index contributed by atoms with van der Waals surface area (Å²) >= 11 is 0. The number of hydrogen-bond donors (Lipinski definition) is 1. The molecule has 0 spiro atoms. The lowest BCUT2D eigenvalue weighted by Gasteiger charge is -2.19. The molecular formula is C14H22N2O2. The molecule has 1 saturated carbocycles. The third-order valence-corrected chi connectivity index (χ3v) is 3.23. The van der Waals surface area contributed by atoms with Gasteiger partial charge >= 0.3 is 5.97 Å². The summed E-state index contributed by atoms with van der Waals surface area (Å²) < 4.78 is 0. The minimum absolute atomic E-state index is 0.0893. The molecule has 0 aromatic carbocycles. The van der Waals surface area contributed by atoms with E-state index in [0.29, 0.717) is 5.57 Å². The molecule has 100 valence electrons. The van der Waals surface area contributed by atoms with Crippen molar-refractivity contribution in [2.45, 2.75) is 47.1 Å². The van der Waals surface area contributed by atoms with Crippen molar-refractivity contribution < 1.29 is 9.63 Å². The van der Waals surface area contributed by atoms with Crippen LogP contribution in [0, 0.1) is 28.6 Å². The summed E-state index contributed by atoms with van der Waals surface area (Å²) in [6.45, 7) is 11.6. The summed E-state index contributed by atoms with van der Waals surface area (Å²) in [5.41, 5.74) is 2.99. The van der Waals surface area contributed by atoms with Crippen LogP contribution in [0.1, 0.15) is 41.5 Å². The van der Waals surface area contributed by atoms with Gasteiger partial charge in [-0.05, 0) is 39.0 Å². The Balaban J connectivity index is 2.64. The van der Waals surface area contributed by atoms with Gasteiger partial charge in [0.2, 0.25) is 0 Å². The van der Waals surface area contributed by atoms with Gasteiger partial charge in [0.1, 0.15) is 0 Å². The predicted molar refractivity (Wildman–Crippen MR) is 69.1 cm³/mol. The van der Waals surface area contributed by atoms with Crippen LogP contribution in [-0.4, -0.2) is 11.5 Å². The minimum atomic E-state index is -0.261. The zero-order valence-electron chi connectivity index (χ0n) is 12.0. The molecule has 0 bridgehead atoms. The average Bonchev–Trinajstić information content (AvgIpc) is 2.76. The van der Waals surface area contributed by atoms with Crippen LogP contribution in [0.5, 0.6) is 0 Å². The van der Waals surface area contributed by atoms with E-state index < -0.39 is 0 Å². The van der Waals surface area contributed by atoms with Gasteiger partial charge in [-0.1, -0.05) is 19.9 Å². The molecule has 18 heavy (non-hydrogen) atoms. The second kappa shape index (κ2) is 4.74. The largest absolute Gasteiger partial charge is 0.370 e. The van der Waals surface area contributed by atoms with Crippen LogP contribution in [0.3, 0.4) is 0 Å². The molecule has 0 radical (unpaired) electrons. The first-order valence-electron chi connectivity index (χ1n) is 6.16. The van der Waals surface area contributed by atoms with E-state index in [0.717, 1.165) is 0 Å². The molecule has 0 heterocycles. The lowest BCUT2D eigenvalue weighted by atomic mass is 10.1. The molecule has 1 rings (SSSR count). The van der Waals surface area contributed by atoms with E-state index in [1.807, 2.05) is 40.7 Å². The Morgan fingerprint density at radius 2 is 2.00 bits per heavy atom. The van der Waals surface area contributed by atoms with E-state index in [4.69, 9.17) is 10.1 Å². The van der Waals surface area contributed by atoms with E-state index in [-0.39, 0.29) is 28.8 Å². The maximum atomic E-state index is 12.0. The molecule has 1 N–H and O–H groups in total. The van der Waals surface area contributed by atoms with E-state index in [2.05, 4.69) is 11.5 Å². The van der Waals surface area contributed by atoms with Crippen molar-refractivity contribution in [2.75, 3.05) is 0 Å². The lowest BCUT2D eigenvalue weighted by molar-refractivity contribution is -0.157. The second-order valence-electron chi connectivity index (χ2n) is 6.56. The number of carbonyl (C=O) groups excluding carboxylic acids is 1. The quantitative estimate of drug-likeness (QED) is 0.617. The first-order valence-corrected chi connectivity index (χ1v) is 6.16. The molecule has 1 aliphatic rings. The Morgan fingerprint density at radius 3 is 2.44 bits per heavy atom. The maximum Gasteiger partial charge on any atom is 0.328 e. The number of hydrogen-bond acceptors (Lipinski definition) is 4. The molecule has 2 atom stereocenters. The Bertz CT molecular complexity index is 410. The van der Waals surface area contributed by atoms with Gasteiger partial charge in [0.15, 0.2) is 0 Å². The van der Waals surface area contributed by atoms with Gasteiger partial charge in [0.25, 0.3) is 0 Å². The normalized spacial score (nSPS) is 26.4. The number of allylic oxidation sites excluding steroid dienone is 2. The number of nitrogens with zero attached hydrogens (tertiary/aromatic N) is 1. The average molecular weight is 250 g/mol. The summed E-state index contributed by atoms with van der Waals surface area (Å²) in [5.74, 6) is -0.330. The first-order chi connectivity index (χ1) is 8.09. The van der Waals surface area contributed by atoms with E-state index >= 15 is 0 Å². The van der Waals surface area contributed by atoms with Crippen molar-refractivity contribution >= 4 is 5.97 Å². The number of nitrogens with one attached hydrogen (secondary N) is 1. The van der Waals surface area contributed by atoms with E-state index in [1.54, 1.807) is 6.92 Å². The summed E-state index contributed by atoms with van der Waals surface area (Å²) in [6.07, 6.45) is 1.86. The molecule has 0 unspecified atom stereocenters. The smallest absolute Gasteiger partial charge is 0.328 e. The molecule has 0 amide bonds. The fourth-order valence-corrected chi connectivity index (χ4v) is 2.01. The molecular weight excluding hydrogens is 228 g/mol. The fourth-order valence-electron chi connectivity index (χ4n) is 2.01. The predicted octanol–water partition coefficient (Wildman–Crippen LogP) is 2.57. The van der Waals surface area contributed by atoms with Crippen LogP contribution in [0.2, 0.25) is 0 Å². The summed E-state index contributed by atoms with van der Waals surface area (Å²) in [5, 5.41) is 8.77. The lowest BCUT2D eigenvalue weighted by Crippen LogP contribution is -2.38. The molecule has 0 aromatic heterocycles. The molecule has 0 aromatic rings. The number of nitriles is 1. The fraction of sp³-hybridized carbons (Fsp3) is 0.714. The van der Waals surface area contributed by atoms with E-state index in [9.17, 15) is 4.79 Å². The van der Waals surface area contributed by atoms with Gasteiger partial charge < -0.3 is 4.84 Å².